The second-order valence-corrected chi connectivity index (χ2v) is 8.09. The summed E-state index contributed by atoms with van der Waals surface area (Å²) in [4.78, 5) is 13.8. The van der Waals surface area contributed by atoms with Crippen LogP contribution in [0.15, 0.2) is 79.1 Å². The van der Waals surface area contributed by atoms with Gasteiger partial charge in [-0.25, -0.2) is 9.97 Å². The van der Waals surface area contributed by atoms with E-state index in [2.05, 4.69) is 26.7 Å². The van der Waals surface area contributed by atoms with Crippen molar-refractivity contribution in [3.05, 3.63) is 90.3 Å². The first-order valence-corrected chi connectivity index (χ1v) is 10.7. The van der Waals surface area contributed by atoms with Gasteiger partial charge >= 0.3 is 0 Å². The number of rotatable bonds is 3. The lowest BCUT2D eigenvalue weighted by molar-refractivity contribution is 0.457. The number of aryl methyl sites for hydroxylation is 2. The van der Waals surface area contributed by atoms with Gasteiger partial charge in [0.15, 0.2) is 0 Å². The van der Waals surface area contributed by atoms with E-state index in [4.69, 9.17) is 9.72 Å². The number of pyridine rings is 3. The molecule has 6 nitrogen and oxygen atoms in total. The van der Waals surface area contributed by atoms with Gasteiger partial charge in [0, 0.05) is 29.1 Å². The highest BCUT2D eigenvalue weighted by atomic mass is 16.5. The standard InChI is InChI=1S/C27H20N4O2/c1-16-10-11-19-17(2)13-24(30-26(19)27(16)32)33-18-14-22-25(29-15-18)20-7-3-4-8-21(20)31(22)23-9-5-6-12-28-23/h3-15,32H,1-2H3. The first-order chi connectivity index (χ1) is 16.1. The molecule has 1 N–H and O–H groups in total. The number of nitrogens with zero attached hydrogens (tertiary/aromatic N) is 4. The molecule has 6 rings (SSSR count). The minimum absolute atomic E-state index is 0.171. The lowest BCUT2D eigenvalue weighted by Gasteiger charge is -2.11. The summed E-state index contributed by atoms with van der Waals surface area (Å²) in [5.74, 6) is 1.94. The summed E-state index contributed by atoms with van der Waals surface area (Å²) in [6.07, 6.45) is 3.48. The SMILES string of the molecule is Cc1ccc2c(C)cc(Oc3cnc4c5ccccc5n(-c5ccccn5)c4c3)nc2c1O. The van der Waals surface area contributed by atoms with Crippen LogP contribution in [0.2, 0.25) is 0 Å². The van der Waals surface area contributed by atoms with E-state index in [0.717, 1.165) is 44.3 Å². The molecule has 160 valence electrons. The highest BCUT2D eigenvalue weighted by Crippen LogP contribution is 2.35. The minimum atomic E-state index is 0.171. The smallest absolute Gasteiger partial charge is 0.220 e. The largest absolute Gasteiger partial charge is 0.505 e. The zero-order chi connectivity index (χ0) is 22.5. The predicted octanol–water partition coefficient (Wildman–Crippen LogP) is 6.24. The summed E-state index contributed by atoms with van der Waals surface area (Å²) < 4.78 is 8.22. The number of aromatic hydroxyl groups is 1. The van der Waals surface area contributed by atoms with E-state index in [-0.39, 0.29) is 5.75 Å². The maximum atomic E-state index is 10.5. The Labute approximate surface area is 189 Å². The first-order valence-electron chi connectivity index (χ1n) is 10.7. The predicted molar refractivity (Wildman–Crippen MR) is 129 cm³/mol. The summed E-state index contributed by atoms with van der Waals surface area (Å²) in [5.41, 5.74) is 5.07. The van der Waals surface area contributed by atoms with E-state index in [1.165, 1.54) is 0 Å². The molecule has 6 aromatic rings. The van der Waals surface area contributed by atoms with Crippen LogP contribution in [0.3, 0.4) is 0 Å². The molecule has 4 aromatic heterocycles. The number of fused-ring (bicyclic) bond motifs is 4. The molecule has 0 aliphatic rings. The van der Waals surface area contributed by atoms with Crippen LogP contribution in [0.1, 0.15) is 11.1 Å². The molecular formula is C27H20N4O2. The minimum Gasteiger partial charge on any atom is -0.505 e. The zero-order valence-corrected chi connectivity index (χ0v) is 18.1. The van der Waals surface area contributed by atoms with E-state index >= 15 is 0 Å². The molecule has 0 aliphatic carbocycles. The average Bonchev–Trinajstić information content (AvgIpc) is 3.16. The number of benzene rings is 2. The van der Waals surface area contributed by atoms with Gasteiger partial charge in [0.05, 0.1) is 22.7 Å². The van der Waals surface area contributed by atoms with Crippen molar-refractivity contribution >= 4 is 32.8 Å². The van der Waals surface area contributed by atoms with Crippen LogP contribution in [-0.4, -0.2) is 24.6 Å². The molecule has 0 aliphatic heterocycles. The molecule has 0 bridgehead atoms. The number of aromatic nitrogens is 4. The van der Waals surface area contributed by atoms with Crippen LogP contribution in [0, 0.1) is 13.8 Å². The van der Waals surface area contributed by atoms with Crippen LogP contribution in [-0.2, 0) is 0 Å². The molecule has 0 amide bonds. The fourth-order valence-electron chi connectivity index (χ4n) is 4.29. The number of hydrogen-bond acceptors (Lipinski definition) is 5. The van der Waals surface area contributed by atoms with Crippen molar-refractivity contribution in [3.63, 3.8) is 0 Å². The van der Waals surface area contributed by atoms with Crippen molar-refractivity contribution in [2.45, 2.75) is 13.8 Å². The first kappa shape index (κ1) is 19.3. The molecule has 6 heteroatoms. The van der Waals surface area contributed by atoms with Crippen LogP contribution in [0.4, 0.5) is 0 Å². The van der Waals surface area contributed by atoms with Gasteiger partial charge in [0.25, 0.3) is 0 Å². The Kier molecular flexibility index (Phi) is 4.26. The van der Waals surface area contributed by atoms with Gasteiger partial charge in [-0.3, -0.25) is 9.55 Å². The van der Waals surface area contributed by atoms with Crippen molar-refractivity contribution in [1.29, 1.82) is 0 Å². The molecule has 0 spiro atoms. The Morgan fingerprint density at radius 1 is 0.788 bits per heavy atom. The maximum Gasteiger partial charge on any atom is 0.220 e. The Balaban J connectivity index is 1.52. The molecule has 33 heavy (non-hydrogen) atoms. The van der Waals surface area contributed by atoms with Crippen molar-refractivity contribution in [2.75, 3.05) is 0 Å². The molecule has 4 heterocycles. The molecule has 0 fully saturated rings. The second kappa shape index (κ2) is 7.31. The van der Waals surface area contributed by atoms with E-state index in [1.54, 1.807) is 12.4 Å². The summed E-state index contributed by atoms with van der Waals surface area (Å²) in [5, 5.41) is 12.5. The van der Waals surface area contributed by atoms with Gasteiger partial charge in [-0.2, -0.15) is 0 Å². The highest BCUT2D eigenvalue weighted by molar-refractivity contribution is 6.07. The Bertz CT molecular complexity index is 1670. The van der Waals surface area contributed by atoms with Crippen molar-refractivity contribution in [2.24, 2.45) is 0 Å². The topological polar surface area (TPSA) is 73.1 Å². The third kappa shape index (κ3) is 3.07. The normalized spacial score (nSPS) is 11.5. The summed E-state index contributed by atoms with van der Waals surface area (Å²) >= 11 is 0. The summed E-state index contributed by atoms with van der Waals surface area (Å²) in [7, 11) is 0. The molecule has 0 saturated heterocycles. The van der Waals surface area contributed by atoms with Crippen LogP contribution in [0.25, 0.3) is 38.7 Å². The van der Waals surface area contributed by atoms with Gasteiger partial charge in [0.1, 0.15) is 22.8 Å². The number of phenols is 1. The van der Waals surface area contributed by atoms with E-state index in [9.17, 15) is 5.11 Å². The van der Waals surface area contributed by atoms with Crippen molar-refractivity contribution < 1.29 is 9.84 Å². The van der Waals surface area contributed by atoms with E-state index in [0.29, 0.717) is 17.1 Å². The zero-order valence-electron chi connectivity index (χ0n) is 18.1. The molecule has 0 saturated carbocycles. The van der Waals surface area contributed by atoms with Gasteiger partial charge < -0.3 is 9.84 Å². The molecule has 0 atom stereocenters. The number of para-hydroxylation sites is 1. The fourth-order valence-corrected chi connectivity index (χ4v) is 4.29. The number of phenolic OH excluding ortho intramolecular Hbond substituents is 1. The maximum absolute atomic E-state index is 10.5. The third-order valence-electron chi connectivity index (χ3n) is 5.92. The van der Waals surface area contributed by atoms with Gasteiger partial charge in [0.2, 0.25) is 5.88 Å². The fraction of sp³-hybridized carbons (Fsp3) is 0.0741. The highest BCUT2D eigenvalue weighted by Gasteiger charge is 2.16. The summed E-state index contributed by atoms with van der Waals surface area (Å²) in [6, 6.07) is 21.7. The quantitative estimate of drug-likeness (QED) is 0.358. The number of ether oxygens (including phenoxy) is 1. The van der Waals surface area contributed by atoms with Crippen molar-refractivity contribution in [3.8, 4) is 23.2 Å². The monoisotopic (exact) mass is 432 g/mol. The summed E-state index contributed by atoms with van der Waals surface area (Å²) in [6.45, 7) is 3.83. The lowest BCUT2D eigenvalue weighted by atomic mass is 10.1. The molecule has 0 radical (unpaired) electrons. The Morgan fingerprint density at radius 2 is 1.64 bits per heavy atom. The third-order valence-corrected chi connectivity index (χ3v) is 5.92. The van der Waals surface area contributed by atoms with Gasteiger partial charge in [-0.05, 0) is 43.2 Å². The molecular weight excluding hydrogens is 412 g/mol. The molecule has 0 unspecified atom stereocenters. The van der Waals surface area contributed by atoms with Gasteiger partial charge in [-0.15, -0.1) is 0 Å². The van der Waals surface area contributed by atoms with Crippen LogP contribution in [0.5, 0.6) is 17.4 Å². The van der Waals surface area contributed by atoms with Crippen molar-refractivity contribution in [1.82, 2.24) is 19.5 Å². The van der Waals surface area contributed by atoms with Gasteiger partial charge in [-0.1, -0.05) is 36.4 Å². The van der Waals surface area contributed by atoms with E-state index in [1.807, 2.05) is 68.4 Å². The second-order valence-electron chi connectivity index (χ2n) is 8.09. The van der Waals surface area contributed by atoms with Crippen LogP contribution >= 0.6 is 0 Å². The lowest BCUT2D eigenvalue weighted by Crippen LogP contribution is -1.97. The van der Waals surface area contributed by atoms with E-state index < -0.39 is 0 Å². The number of hydrogen-bond donors (Lipinski definition) is 1. The Morgan fingerprint density at radius 3 is 2.48 bits per heavy atom. The Hall–Kier alpha value is -4.45. The van der Waals surface area contributed by atoms with Crippen LogP contribution < -0.4 is 4.74 Å². The average molecular weight is 432 g/mol. The molecule has 2 aromatic carbocycles.